The third kappa shape index (κ3) is 3.34. The number of hydroxylamine groups is 2. The van der Waals surface area contributed by atoms with Gasteiger partial charge in [-0.2, -0.15) is 5.06 Å². The number of rotatable bonds is 4. The molecule has 2 atom stereocenters. The van der Waals surface area contributed by atoms with Gasteiger partial charge < -0.3 is 9.47 Å². The molecule has 1 fully saturated rings. The van der Waals surface area contributed by atoms with Gasteiger partial charge in [-0.1, -0.05) is 60.7 Å². The molecule has 6 nitrogen and oxygen atoms in total. The molecule has 27 heavy (non-hydrogen) atoms. The summed E-state index contributed by atoms with van der Waals surface area (Å²) in [7, 11) is 4.28. The lowest BCUT2D eigenvalue weighted by Crippen LogP contribution is -2.55. The Morgan fingerprint density at radius 1 is 0.926 bits per heavy atom. The molecule has 0 aliphatic carbocycles. The van der Waals surface area contributed by atoms with Crippen LogP contribution in [0.5, 0.6) is 0 Å². The maximum Gasteiger partial charge on any atom is 0.325 e. The Balaban J connectivity index is 2.15. The molecule has 0 spiro atoms. The Kier molecular flexibility index (Phi) is 5.58. The van der Waals surface area contributed by atoms with Gasteiger partial charge in [-0.3, -0.25) is 14.4 Å². The molecule has 0 saturated carbocycles. The van der Waals surface area contributed by atoms with Crippen molar-refractivity contribution in [2.75, 3.05) is 21.3 Å². The molecule has 2 aromatic rings. The average molecular weight is 369 g/mol. The van der Waals surface area contributed by atoms with Crippen LogP contribution in [0, 0.1) is 5.41 Å². The van der Waals surface area contributed by atoms with E-state index in [1.165, 1.54) is 14.2 Å². The first-order valence-electron chi connectivity index (χ1n) is 8.71. The summed E-state index contributed by atoms with van der Waals surface area (Å²) in [5.74, 6) is -1.28. The van der Waals surface area contributed by atoms with E-state index >= 15 is 0 Å². The number of hydrogen-bond acceptors (Lipinski definition) is 6. The van der Waals surface area contributed by atoms with E-state index in [4.69, 9.17) is 14.3 Å². The molecule has 1 aliphatic rings. The first kappa shape index (κ1) is 19.1. The van der Waals surface area contributed by atoms with E-state index in [2.05, 4.69) is 0 Å². The van der Waals surface area contributed by atoms with Crippen LogP contribution in [0.1, 0.15) is 29.7 Å². The van der Waals surface area contributed by atoms with Crippen molar-refractivity contribution in [2.45, 2.75) is 18.6 Å². The number of hydrogen-bond donors (Lipinski definition) is 0. The smallest absolute Gasteiger partial charge is 0.325 e. The molecule has 142 valence electrons. The molecule has 1 aliphatic heterocycles. The van der Waals surface area contributed by atoms with Crippen molar-refractivity contribution in [1.29, 1.82) is 0 Å². The summed E-state index contributed by atoms with van der Waals surface area (Å²) in [4.78, 5) is 32.1. The van der Waals surface area contributed by atoms with Gasteiger partial charge in [-0.05, 0) is 11.1 Å². The van der Waals surface area contributed by atoms with Gasteiger partial charge in [0, 0.05) is 13.5 Å². The van der Waals surface area contributed by atoms with Crippen LogP contribution in [0.25, 0.3) is 0 Å². The van der Waals surface area contributed by atoms with Crippen LogP contribution in [0.3, 0.4) is 0 Å². The van der Waals surface area contributed by atoms with Crippen LogP contribution in [0.15, 0.2) is 60.7 Å². The predicted molar refractivity (Wildman–Crippen MR) is 98.3 cm³/mol. The van der Waals surface area contributed by atoms with Crippen LogP contribution < -0.4 is 0 Å². The number of carbonyl (C=O) groups is 2. The fourth-order valence-electron chi connectivity index (χ4n) is 3.83. The summed E-state index contributed by atoms with van der Waals surface area (Å²) in [6, 6.07) is 18.1. The normalized spacial score (nSPS) is 22.0. The monoisotopic (exact) mass is 369 g/mol. The molecule has 2 aromatic carbocycles. The Bertz CT molecular complexity index is 777. The number of carbonyl (C=O) groups excluding carboxylic acids is 2. The second-order valence-electron chi connectivity index (χ2n) is 6.52. The van der Waals surface area contributed by atoms with Gasteiger partial charge in [-0.15, -0.1) is 0 Å². The topological polar surface area (TPSA) is 65.1 Å². The first-order valence-corrected chi connectivity index (χ1v) is 8.71. The number of nitrogens with zero attached hydrogens (tertiary/aromatic N) is 1. The van der Waals surface area contributed by atoms with E-state index in [1.54, 1.807) is 12.1 Å². The molecule has 0 radical (unpaired) electrons. The minimum Gasteiger partial charge on any atom is -0.468 e. The minimum atomic E-state index is -1.56. The molecule has 0 N–H and O–H groups in total. The summed E-state index contributed by atoms with van der Waals surface area (Å²) in [5, 5.41) is 1.56. The van der Waals surface area contributed by atoms with Gasteiger partial charge in [0.2, 0.25) is 0 Å². The number of ether oxygens (including phenoxy) is 2. The number of esters is 2. The van der Waals surface area contributed by atoms with Crippen molar-refractivity contribution in [3.05, 3.63) is 71.8 Å². The number of methoxy groups -OCH3 is 2. The lowest BCUT2D eigenvalue weighted by Gasteiger charge is -2.47. The quantitative estimate of drug-likeness (QED) is 0.610. The summed E-state index contributed by atoms with van der Waals surface area (Å²) in [6.45, 7) is 0. The van der Waals surface area contributed by atoms with E-state index in [0.29, 0.717) is 0 Å². The van der Waals surface area contributed by atoms with E-state index < -0.39 is 29.5 Å². The second kappa shape index (κ2) is 7.90. The van der Waals surface area contributed by atoms with Gasteiger partial charge >= 0.3 is 11.9 Å². The molecule has 0 aromatic heterocycles. The molecule has 3 rings (SSSR count). The largest absolute Gasteiger partial charge is 0.468 e. The van der Waals surface area contributed by atoms with Crippen LogP contribution in [-0.2, 0) is 23.9 Å². The molecule has 1 saturated heterocycles. The zero-order valence-electron chi connectivity index (χ0n) is 15.6. The Labute approximate surface area is 158 Å². The maximum absolute atomic E-state index is 13.0. The van der Waals surface area contributed by atoms with Crippen molar-refractivity contribution in [2.24, 2.45) is 5.41 Å². The van der Waals surface area contributed by atoms with Crippen LogP contribution >= 0.6 is 0 Å². The van der Waals surface area contributed by atoms with Crippen LogP contribution in [0.4, 0.5) is 0 Å². The van der Waals surface area contributed by atoms with Crippen LogP contribution in [-0.4, -0.2) is 38.3 Å². The van der Waals surface area contributed by atoms with E-state index in [-0.39, 0.29) is 6.42 Å². The predicted octanol–water partition coefficient (Wildman–Crippen LogP) is 3.07. The molecular formula is C21H23NO5. The standard InChI is InChI=1S/C21H23NO5/c1-22-18(16-12-8-5-9-13-16)21(19(23)25-2,20(24)26-3)14-17(27-22)15-10-6-4-7-11-15/h4-13,17-18H,14H2,1-3H3/t17-,18-/m0/s1. The van der Waals surface area contributed by atoms with Crippen molar-refractivity contribution in [3.63, 3.8) is 0 Å². The highest BCUT2D eigenvalue weighted by molar-refractivity contribution is 6.01. The van der Waals surface area contributed by atoms with Gasteiger partial charge in [0.15, 0.2) is 5.41 Å². The fraction of sp³-hybridized carbons (Fsp3) is 0.333. The van der Waals surface area contributed by atoms with E-state index in [1.807, 2.05) is 60.7 Å². The summed E-state index contributed by atoms with van der Waals surface area (Å²) in [6.07, 6.45) is -0.380. The van der Waals surface area contributed by atoms with Crippen molar-refractivity contribution in [3.8, 4) is 0 Å². The van der Waals surface area contributed by atoms with Gasteiger partial charge in [0.1, 0.15) is 6.10 Å². The van der Waals surface area contributed by atoms with E-state index in [0.717, 1.165) is 11.1 Å². The average Bonchev–Trinajstić information content (AvgIpc) is 2.73. The zero-order chi connectivity index (χ0) is 19.4. The van der Waals surface area contributed by atoms with Crippen molar-refractivity contribution < 1.29 is 23.9 Å². The van der Waals surface area contributed by atoms with Crippen molar-refractivity contribution in [1.82, 2.24) is 5.06 Å². The van der Waals surface area contributed by atoms with Crippen LogP contribution in [0.2, 0.25) is 0 Å². The van der Waals surface area contributed by atoms with Crippen molar-refractivity contribution >= 4 is 11.9 Å². The zero-order valence-corrected chi connectivity index (χ0v) is 15.6. The molecular weight excluding hydrogens is 346 g/mol. The highest BCUT2D eigenvalue weighted by Gasteiger charge is 2.61. The molecule has 0 bridgehead atoms. The molecule has 6 heteroatoms. The fourth-order valence-corrected chi connectivity index (χ4v) is 3.83. The second-order valence-corrected chi connectivity index (χ2v) is 6.52. The Morgan fingerprint density at radius 2 is 1.41 bits per heavy atom. The lowest BCUT2D eigenvalue weighted by molar-refractivity contribution is -0.277. The lowest BCUT2D eigenvalue weighted by atomic mass is 9.70. The maximum atomic E-state index is 13.0. The highest BCUT2D eigenvalue weighted by Crippen LogP contribution is 2.51. The number of benzene rings is 2. The van der Waals surface area contributed by atoms with E-state index in [9.17, 15) is 9.59 Å². The Morgan fingerprint density at radius 3 is 1.89 bits per heavy atom. The van der Waals surface area contributed by atoms with Gasteiger partial charge in [0.05, 0.1) is 20.3 Å². The summed E-state index contributed by atoms with van der Waals surface area (Å²) in [5.41, 5.74) is 0.0774. The highest BCUT2D eigenvalue weighted by atomic mass is 16.7. The SMILES string of the molecule is COC(=O)C1(C(=O)OC)C[C@@H](c2ccccc2)ON(C)[C@H]1c1ccccc1. The van der Waals surface area contributed by atoms with Gasteiger partial charge in [-0.25, -0.2) is 0 Å². The molecule has 1 heterocycles. The first-order chi connectivity index (χ1) is 13.0. The minimum absolute atomic E-state index is 0.111. The Hall–Kier alpha value is -2.70. The summed E-state index contributed by atoms with van der Waals surface area (Å²) < 4.78 is 10.2. The third-order valence-electron chi connectivity index (χ3n) is 5.02. The molecule has 0 amide bonds. The molecule has 0 unspecified atom stereocenters. The summed E-state index contributed by atoms with van der Waals surface area (Å²) >= 11 is 0. The van der Waals surface area contributed by atoms with Gasteiger partial charge in [0.25, 0.3) is 0 Å². The third-order valence-corrected chi connectivity index (χ3v) is 5.02.